The molecule has 3 fully saturated rings. The van der Waals surface area contributed by atoms with Gasteiger partial charge in [0, 0.05) is 51.4 Å². The average Bonchev–Trinajstić information content (AvgIpc) is 2.93. The maximum absolute atomic E-state index is 3.77. The quantitative estimate of drug-likeness (QED) is 0.815. The van der Waals surface area contributed by atoms with E-state index >= 15 is 0 Å². The zero-order valence-corrected chi connectivity index (χ0v) is 12.1. The lowest BCUT2D eigenvalue weighted by molar-refractivity contribution is 0.105. The van der Waals surface area contributed by atoms with Crippen molar-refractivity contribution < 1.29 is 0 Å². The van der Waals surface area contributed by atoms with E-state index in [1.54, 1.807) is 0 Å². The number of nitrogens with zero attached hydrogens (tertiary/aromatic N) is 2. The number of nitrogens with one attached hydrogen (secondary N) is 1. The van der Waals surface area contributed by atoms with Gasteiger partial charge in [-0.2, -0.15) is 0 Å². The minimum absolute atomic E-state index is 0.811. The van der Waals surface area contributed by atoms with Gasteiger partial charge in [0.1, 0.15) is 0 Å². The summed E-state index contributed by atoms with van der Waals surface area (Å²) in [5.41, 5.74) is 0. The Morgan fingerprint density at radius 3 is 2.33 bits per heavy atom. The molecule has 3 heteroatoms. The fourth-order valence-electron chi connectivity index (χ4n) is 4.14. The zero-order valence-electron chi connectivity index (χ0n) is 12.1. The Morgan fingerprint density at radius 1 is 1.06 bits per heavy atom. The van der Waals surface area contributed by atoms with Gasteiger partial charge >= 0.3 is 0 Å². The summed E-state index contributed by atoms with van der Waals surface area (Å²) in [4.78, 5) is 5.35. The Hall–Kier alpha value is -0.120. The third kappa shape index (κ3) is 2.89. The van der Waals surface area contributed by atoms with Crippen LogP contribution in [-0.2, 0) is 0 Å². The predicted molar refractivity (Wildman–Crippen MR) is 75.8 cm³/mol. The van der Waals surface area contributed by atoms with Crippen LogP contribution in [0.2, 0.25) is 0 Å². The van der Waals surface area contributed by atoms with Crippen LogP contribution in [0.15, 0.2) is 0 Å². The van der Waals surface area contributed by atoms with Crippen molar-refractivity contribution in [1.29, 1.82) is 0 Å². The van der Waals surface area contributed by atoms with E-state index in [4.69, 9.17) is 0 Å². The molecule has 104 valence electrons. The van der Waals surface area contributed by atoms with Gasteiger partial charge in [-0.15, -0.1) is 0 Å². The standard InChI is InChI=1S/C15H29N3/c1-12(2)10-17-5-7-18(8-6-17)11-13-9-14-3-4-15(13)16-14/h12-16H,3-11H2,1-2H3. The van der Waals surface area contributed by atoms with E-state index in [-0.39, 0.29) is 0 Å². The third-order valence-corrected chi connectivity index (χ3v) is 5.01. The topological polar surface area (TPSA) is 18.5 Å². The van der Waals surface area contributed by atoms with E-state index < -0.39 is 0 Å². The molecule has 0 radical (unpaired) electrons. The van der Waals surface area contributed by atoms with Gasteiger partial charge in [0.05, 0.1) is 0 Å². The van der Waals surface area contributed by atoms with E-state index in [1.807, 2.05) is 0 Å². The molecule has 2 bridgehead atoms. The molecule has 18 heavy (non-hydrogen) atoms. The number of rotatable bonds is 4. The van der Waals surface area contributed by atoms with Crippen LogP contribution in [0.25, 0.3) is 0 Å². The summed E-state index contributed by atoms with van der Waals surface area (Å²) in [6, 6.07) is 1.71. The second-order valence-electron chi connectivity index (χ2n) is 7.04. The van der Waals surface area contributed by atoms with Gasteiger partial charge in [-0.1, -0.05) is 13.8 Å². The highest BCUT2D eigenvalue weighted by Crippen LogP contribution is 2.33. The lowest BCUT2D eigenvalue weighted by Gasteiger charge is -2.37. The Kier molecular flexibility index (Phi) is 3.92. The van der Waals surface area contributed by atoms with Crippen LogP contribution in [-0.4, -0.2) is 61.2 Å². The van der Waals surface area contributed by atoms with E-state index in [0.29, 0.717) is 0 Å². The predicted octanol–water partition coefficient (Wildman–Crippen LogP) is 1.40. The van der Waals surface area contributed by atoms with Crippen LogP contribution in [0.1, 0.15) is 33.1 Å². The number of hydrogen-bond acceptors (Lipinski definition) is 3. The van der Waals surface area contributed by atoms with Crippen LogP contribution in [0.4, 0.5) is 0 Å². The second-order valence-corrected chi connectivity index (χ2v) is 7.04. The summed E-state index contributed by atoms with van der Waals surface area (Å²) in [7, 11) is 0. The molecule has 3 aliphatic rings. The van der Waals surface area contributed by atoms with Gasteiger partial charge in [0.25, 0.3) is 0 Å². The van der Waals surface area contributed by atoms with Crippen LogP contribution in [0.5, 0.6) is 0 Å². The first kappa shape index (κ1) is 12.9. The first-order chi connectivity index (χ1) is 8.70. The largest absolute Gasteiger partial charge is 0.311 e. The molecular formula is C15H29N3. The van der Waals surface area contributed by atoms with Gasteiger partial charge in [-0.3, -0.25) is 0 Å². The van der Waals surface area contributed by atoms with Crippen molar-refractivity contribution in [2.45, 2.75) is 45.2 Å². The van der Waals surface area contributed by atoms with E-state index in [0.717, 1.165) is 23.9 Å². The van der Waals surface area contributed by atoms with Crippen LogP contribution < -0.4 is 5.32 Å². The summed E-state index contributed by atoms with van der Waals surface area (Å²) < 4.78 is 0. The molecular weight excluding hydrogens is 222 g/mol. The monoisotopic (exact) mass is 251 g/mol. The van der Waals surface area contributed by atoms with Crippen LogP contribution in [0.3, 0.4) is 0 Å². The van der Waals surface area contributed by atoms with E-state index in [2.05, 4.69) is 29.0 Å². The SMILES string of the molecule is CC(C)CN1CCN(CC2CC3CCC2N3)CC1. The number of fused-ring (bicyclic) bond motifs is 2. The highest BCUT2D eigenvalue weighted by atomic mass is 15.3. The fraction of sp³-hybridized carbons (Fsp3) is 1.00. The van der Waals surface area contributed by atoms with Gasteiger partial charge in [0.15, 0.2) is 0 Å². The Morgan fingerprint density at radius 2 is 1.78 bits per heavy atom. The van der Waals surface area contributed by atoms with Gasteiger partial charge in [-0.05, 0) is 31.1 Å². The average molecular weight is 251 g/mol. The van der Waals surface area contributed by atoms with Gasteiger partial charge in [0.2, 0.25) is 0 Å². The van der Waals surface area contributed by atoms with E-state index in [9.17, 15) is 0 Å². The number of hydrogen-bond donors (Lipinski definition) is 1. The van der Waals surface area contributed by atoms with Crippen molar-refractivity contribution in [3.8, 4) is 0 Å². The Balaban J connectivity index is 1.40. The molecule has 3 atom stereocenters. The number of piperazine rings is 1. The molecule has 3 rings (SSSR count). The first-order valence-electron chi connectivity index (χ1n) is 7.91. The molecule has 0 aromatic carbocycles. The van der Waals surface area contributed by atoms with Crippen molar-refractivity contribution in [2.24, 2.45) is 11.8 Å². The lowest BCUT2D eigenvalue weighted by Crippen LogP contribution is -2.49. The molecule has 1 N–H and O–H groups in total. The van der Waals surface area contributed by atoms with Crippen molar-refractivity contribution in [3.63, 3.8) is 0 Å². The lowest BCUT2D eigenvalue weighted by atomic mass is 9.88. The second kappa shape index (κ2) is 5.48. The summed E-state index contributed by atoms with van der Waals surface area (Å²) >= 11 is 0. The summed E-state index contributed by atoms with van der Waals surface area (Å²) in [5.74, 6) is 1.76. The van der Waals surface area contributed by atoms with Crippen molar-refractivity contribution in [3.05, 3.63) is 0 Å². The van der Waals surface area contributed by atoms with E-state index in [1.165, 1.54) is 58.5 Å². The van der Waals surface area contributed by atoms with Crippen LogP contribution >= 0.6 is 0 Å². The minimum atomic E-state index is 0.811. The molecule has 3 aliphatic heterocycles. The summed E-state index contributed by atoms with van der Waals surface area (Å²) in [6.07, 6.45) is 4.31. The molecule has 3 heterocycles. The molecule has 0 amide bonds. The van der Waals surface area contributed by atoms with Gasteiger partial charge in [-0.25, -0.2) is 0 Å². The molecule has 3 nitrogen and oxygen atoms in total. The van der Waals surface area contributed by atoms with Gasteiger partial charge < -0.3 is 15.1 Å². The molecule has 0 aromatic rings. The summed E-state index contributed by atoms with van der Waals surface area (Å²) in [6.45, 7) is 12.4. The van der Waals surface area contributed by atoms with Crippen molar-refractivity contribution >= 4 is 0 Å². The Labute approximate surface area is 112 Å². The van der Waals surface area contributed by atoms with Crippen molar-refractivity contribution in [2.75, 3.05) is 39.3 Å². The molecule has 3 unspecified atom stereocenters. The maximum atomic E-state index is 3.77. The van der Waals surface area contributed by atoms with Crippen LogP contribution in [0, 0.1) is 11.8 Å². The fourth-order valence-corrected chi connectivity index (χ4v) is 4.14. The third-order valence-electron chi connectivity index (χ3n) is 5.01. The molecule has 0 aliphatic carbocycles. The highest BCUT2D eigenvalue weighted by molar-refractivity contribution is 4.98. The zero-order chi connectivity index (χ0) is 12.5. The highest BCUT2D eigenvalue weighted by Gasteiger charge is 2.39. The van der Waals surface area contributed by atoms with Crippen molar-refractivity contribution in [1.82, 2.24) is 15.1 Å². The molecule has 0 aromatic heterocycles. The Bertz CT molecular complexity index is 271. The summed E-state index contributed by atoms with van der Waals surface area (Å²) in [5, 5.41) is 3.77. The maximum Gasteiger partial charge on any atom is 0.0111 e. The minimum Gasteiger partial charge on any atom is -0.311 e. The molecule has 0 saturated carbocycles. The molecule has 0 spiro atoms. The smallest absolute Gasteiger partial charge is 0.0111 e. The first-order valence-corrected chi connectivity index (χ1v) is 7.91. The molecule has 3 saturated heterocycles. The normalized spacial score (nSPS) is 37.8.